The summed E-state index contributed by atoms with van der Waals surface area (Å²) in [6.07, 6.45) is 7.09. The van der Waals surface area contributed by atoms with E-state index in [2.05, 4.69) is 29.0 Å². The molecule has 2 atom stereocenters. The third kappa shape index (κ3) is 5.05. The van der Waals surface area contributed by atoms with Gasteiger partial charge in [0.2, 0.25) is 5.91 Å². The summed E-state index contributed by atoms with van der Waals surface area (Å²) in [5.74, 6) is 1.82. The van der Waals surface area contributed by atoms with Crippen molar-refractivity contribution in [3.05, 3.63) is 18.2 Å². The lowest BCUT2D eigenvalue weighted by Gasteiger charge is -2.39. The van der Waals surface area contributed by atoms with E-state index in [0.29, 0.717) is 24.7 Å². The van der Waals surface area contributed by atoms with Crippen molar-refractivity contribution in [2.75, 3.05) is 44.6 Å². The Morgan fingerprint density at radius 3 is 2.44 bits per heavy atom. The number of fused-ring (bicyclic) bond motifs is 1. The van der Waals surface area contributed by atoms with Crippen LogP contribution in [0.5, 0.6) is 11.5 Å². The van der Waals surface area contributed by atoms with Crippen LogP contribution in [0.4, 0.5) is 5.69 Å². The summed E-state index contributed by atoms with van der Waals surface area (Å²) in [5.41, 5.74) is 0.776. The van der Waals surface area contributed by atoms with E-state index in [4.69, 9.17) is 14.2 Å². The highest BCUT2D eigenvalue weighted by Gasteiger charge is 2.44. The van der Waals surface area contributed by atoms with Gasteiger partial charge in [0.25, 0.3) is 5.79 Å². The second-order valence-electron chi connectivity index (χ2n) is 10.2. The molecule has 176 valence electrons. The Bertz CT molecular complexity index is 807. The average molecular weight is 444 g/mol. The van der Waals surface area contributed by atoms with Crippen molar-refractivity contribution in [2.45, 2.75) is 70.4 Å². The summed E-state index contributed by atoms with van der Waals surface area (Å²) in [6.45, 7) is 9.95. The Morgan fingerprint density at radius 2 is 1.72 bits per heavy atom. The SMILES string of the molecule is CC1CN(CC2CCN(CC(=O)Nc3ccc4c(c3)OC3(CCCC3)O4)CC2)CC(C)O1. The molecule has 1 spiro atoms. The molecule has 1 saturated carbocycles. The van der Waals surface area contributed by atoms with Crippen LogP contribution in [-0.4, -0.2) is 73.0 Å². The number of carbonyl (C=O) groups excluding carboxylic acids is 1. The third-order valence-corrected chi connectivity index (χ3v) is 7.27. The fourth-order valence-corrected chi connectivity index (χ4v) is 5.82. The third-order valence-electron chi connectivity index (χ3n) is 7.27. The molecule has 1 amide bonds. The Balaban J connectivity index is 1.06. The number of nitrogens with zero attached hydrogens (tertiary/aromatic N) is 2. The molecule has 7 nitrogen and oxygen atoms in total. The largest absolute Gasteiger partial charge is 0.448 e. The van der Waals surface area contributed by atoms with Crippen LogP contribution >= 0.6 is 0 Å². The van der Waals surface area contributed by atoms with Crippen LogP contribution in [0.25, 0.3) is 0 Å². The predicted molar refractivity (Wildman–Crippen MR) is 123 cm³/mol. The minimum absolute atomic E-state index is 0.0359. The van der Waals surface area contributed by atoms with E-state index in [1.165, 1.54) is 0 Å². The molecule has 7 heteroatoms. The van der Waals surface area contributed by atoms with Crippen LogP contribution in [0.15, 0.2) is 18.2 Å². The first-order valence-electron chi connectivity index (χ1n) is 12.4. The highest BCUT2D eigenvalue weighted by Crippen LogP contribution is 2.47. The number of anilines is 1. The number of morpholine rings is 1. The molecular weight excluding hydrogens is 406 g/mol. The first-order valence-corrected chi connectivity index (χ1v) is 12.4. The predicted octanol–water partition coefficient (Wildman–Crippen LogP) is 3.49. The molecular formula is C25H37N3O4. The van der Waals surface area contributed by atoms with Gasteiger partial charge in [-0.25, -0.2) is 0 Å². The first kappa shape index (κ1) is 22.0. The topological polar surface area (TPSA) is 63.3 Å². The molecule has 3 heterocycles. The standard InChI is InChI=1S/C25H37N3O4/c1-18-14-28(15-19(2)30-18)16-20-7-11-27(12-8-20)17-24(29)26-21-5-6-22-23(13-21)32-25(31-22)9-3-4-10-25/h5-6,13,18-20H,3-4,7-12,14-17H2,1-2H3,(H,26,29). The number of likely N-dealkylation sites (tertiary alicyclic amines) is 1. The van der Waals surface area contributed by atoms with E-state index in [-0.39, 0.29) is 5.91 Å². The fourth-order valence-electron chi connectivity index (χ4n) is 5.82. The number of carbonyl (C=O) groups is 1. The van der Waals surface area contributed by atoms with Gasteiger partial charge < -0.3 is 19.5 Å². The van der Waals surface area contributed by atoms with Crippen LogP contribution in [-0.2, 0) is 9.53 Å². The normalized spacial score (nSPS) is 28.3. The summed E-state index contributed by atoms with van der Waals surface area (Å²) < 4.78 is 18.0. The zero-order chi connectivity index (χ0) is 22.1. The van der Waals surface area contributed by atoms with Crippen LogP contribution in [0.2, 0.25) is 0 Å². The van der Waals surface area contributed by atoms with E-state index in [9.17, 15) is 4.79 Å². The number of ether oxygens (including phenoxy) is 3. The average Bonchev–Trinajstić information content (AvgIpc) is 3.34. The summed E-state index contributed by atoms with van der Waals surface area (Å²) >= 11 is 0. The molecule has 3 fully saturated rings. The molecule has 1 aromatic rings. The monoisotopic (exact) mass is 443 g/mol. The summed E-state index contributed by atoms with van der Waals surface area (Å²) in [6, 6.07) is 5.72. The summed E-state index contributed by atoms with van der Waals surface area (Å²) in [7, 11) is 0. The number of hydrogen-bond acceptors (Lipinski definition) is 6. The minimum atomic E-state index is -0.466. The number of hydrogen-bond donors (Lipinski definition) is 1. The number of amides is 1. The first-order chi connectivity index (χ1) is 15.5. The molecule has 1 N–H and O–H groups in total. The van der Waals surface area contributed by atoms with Gasteiger partial charge in [0.05, 0.1) is 18.8 Å². The van der Waals surface area contributed by atoms with Crippen molar-refractivity contribution < 1.29 is 19.0 Å². The lowest BCUT2D eigenvalue weighted by molar-refractivity contribution is -0.117. The van der Waals surface area contributed by atoms with Gasteiger partial charge in [-0.15, -0.1) is 0 Å². The van der Waals surface area contributed by atoms with Crippen molar-refractivity contribution in [3.63, 3.8) is 0 Å². The number of benzene rings is 1. The van der Waals surface area contributed by atoms with E-state index in [0.717, 1.165) is 88.4 Å². The van der Waals surface area contributed by atoms with Crippen molar-refractivity contribution in [1.29, 1.82) is 0 Å². The number of nitrogens with one attached hydrogen (secondary N) is 1. The second-order valence-corrected chi connectivity index (χ2v) is 10.2. The molecule has 3 aliphatic heterocycles. The van der Waals surface area contributed by atoms with Gasteiger partial charge in [0.1, 0.15) is 0 Å². The van der Waals surface area contributed by atoms with E-state index in [1.54, 1.807) is 0 Å². The lowest BCUT2D eigenvalue weighted by atomic mass is 9.95. The van der Waals surface area contributed by atoms with Gasteiger partial charge in [-0.05, 0) is 70.7 Å². The molecule has 1 aliphatic carbocycles. The van der Waals surface area contributed by atoms with Gasteiger partial charge in [-0.3, -0.25) is 14.6 Å². The molecule has 0 aromatic heterocycles. The van der Waals surface area contributed by atoms with Gasteiger partial charge in [0, 0.05) is 44.2 Å². The van der Waals surface area contributed by atoms with E-state index >= 15 is 0 Å². The number of piperidine rings is 1. The molecule has 0 radical (unpaired) electrons. The summed E-state index contributed by atoms with van der Waals surface area (Å²) in [5, 5.41) is 3.05. The molecule has 2 saturated heterocycles. The van der Waals surface area contributed by atoms with E-state index < -0.39 is 5.79 Å². The lowest BCUT2D eigenvalue weighted by Crippen LogP contribution is -2.48. The fraction of sp³-hybridized carbons (Fsp3) is 0.720. The highest BCUT2D eigenvalue weighted by atomic mass is 16.7. The quantitative estimate of drug-likeness (QED) is 0.752. The van der Waals surface area contributed by atoms with Crippen LogP contribution in [0.1, 0.15) is 52.4 Å². The highest BCUT2D eigenvalue weighted by molar-refractivity contribution is 5.92. The molecule has 0 bridgehead atoms. The van der Waals surface area contributed by atoms with Crippen molar-refractivity contribution >= 4 is 11.6 Å². The second kappa shape index (κ2) is 9.20. The maximum atomic E-state index is 12.7. The number of rotatable bonds is 5. The zero-order valence-corrected chi connectivity index (χ0v) is 19.5. The van der Waals surface area contributed by atoms with Crippen molar-refractivity contribution in [1.82, 2.24) is 9.80 Å². The van der Waals surface area contributed by atoms with E-state index in [1.807, 2.05) is 18.2 Å². The summed E-state index contributed by atoms with van der Waals surface area (Å²) in [4.78, 5) is 17.5. The Morgan fingerprint density at radius 1 is 1.03 bits per heavy atom. The minimum Gasteiger partial charge on any atom is -0.448 e. The molecule has 5 rings (SSSR count). The molecule has 2 unspecified atom stereocenters. The van der Waals surface area contributed by atoms with Crippen LogP contribution in [0.3, 0.4) is 0 Å². The van der Waals surface area contributed by atoms with Crippen molar-refractivity contribution in [2.24, 2.45) is 5.92 Å². The molecule has 1 aromatic carbocycles. The maximum absolute atomic E-state index is 12.7. The Kier molecular flexibility index (Phi) is 6.32. The van der Waals surface area contributed by atoms with Gasteiger partial charge in [0.15, 0.2) is 11.5 Å². The molecule has 32 heavy (non-hydrogen) atoms. The smallest absolute Gasteiger partial charge is 0.251 e. The van der Waals surface area contributed by atoms with Gasteiger partial charge in [-0.1, -0.05) is 0 Å². The zero-order valence-electron chi connectivity index (χ0n) is 19.5. The Labute approximate surface area is 191 Å². The van der Waals surface area contributed by atoms with Crippen LogP contribution < -0.4 is 14.8 Å². The van der Waals surface area contributed by atoms with Crippen LogP contribution in [0, 0.1) is 5.92 Å². The Hall–Kier alpha value is -1.83. The maximum Gasteiger partial charge on any atom is 0.251 e. The van der Waals surface area contributed by atoms with Gasteiger partial charge >= 0.3 is 0 Å². The molecule has 4 aliphatic rings. The van der Waals surface area contributed by atoms with Gasteiger partial charge in [-0.2, -0.15) is 0 Å². The van der Waals surface area contributed by atoms with Crippen molar-refractivity contribution in [3.8, 4) is 11.5 Å².